The van der Waals surface area contributed by atoms with Crippen molar-refractivity contribution in [2.45, 2.75) is 44.4 Å². The number of aryl methyl sites for hydroxylation is 1. The Morgan fingerprint density at radius 3 is 2.78 bits per heavy atom. The normalized spacial score (nSPS) is 22.4. The quantitative estimate of drug-likeness (QED) is 0.272. The number of thiophene rings is 1. The van der Waals surface area contributed by atoms with E-state index in [2.05, 4.69) is 19.5 Å². The predicted molar refractivity (Wildman–Crippen MR) is 151 cm³/mol. The van der Waals surface area contributed by atoms with Crippen LogP contribution < -0.4 is 10.5 Å². The van der Waals surface area contributed by atoms with Crippen LogP contribution in [-0.4, -0.2) is 70.7 Å². The molecule has 2 aliphatic rings. The summed E-state index contributed by atoms with van der Waals surface area (Å²) in [5, 5.41) is 28.9. The van der Waals surface area contributed by atoms with Crippen LogP contribution in [0.15, 0.2) is 36.8 Å². The fourth-order valence-electron chi connectivity index (χ4n) is 5.53. The SMILES string of the molecule is Cc1sc(C(=O)c2cncnc2N[C@@H]2C[C@H](COS(N)(=O)=O)[C@@H](O)C2)cc1[C@H]1c2cc(Cl)ccc2CCN1C(=O)O. The lowest BCUT2D eigenvalue weighted by atomic mass is 9.88. The third kappa shape index (κ3) is 6.37. The molecule has 5 rings (SSSR count). The van der Waals surface area contributed by atoms with Gasteiger partial charge >= 0.3 is 16.4 Å². The molecule has 3 aromatic rings. The van der Waals surface area contributed by atoms with Gasteiger partial charge < -0.3 is 15.5 Å². The lowest BCUT2D eigenvalue weighted by molar-refractivity contribution is 0.101. The number of rotatable bonds is 8. The molecule has 0 saturated heterocycles. The second-order valence-corrected chi connectivity index (χ2v) is 13.0. The number of nitrogens with one attached hydrogen (secondary N) is 1. The molecule has 218 valence electrons. The highest BCUT2D eigenvalue weighted by atomic mass is 35.5. The Hall–Kier alpha value is -3.14. The van der Waals surface area contributed by atoms with Crippen LogP contribution in [0.5, 0.6) is 0 Å². The summed E-state index contributed by atoms with van der Waals surface area (Å²) >= 11 is 7.54. The molecule has 15 heteroatoms. The molecular formula is C26H28ClN5O7S2. The van der Waals surface area contributed by atoms with Gasteiger partial charge in [0, 0.05) is 34.6 Å². The molecule has 1 aliphatic carbocycles. The fourth-order valence-corrected chi connectivity index (χ4v) is 7.08. The van der Waals surface area contributed by atoms with Gasteiger partial charge in [-0.1, -0.05) is 17.7 Å². The predicted octanol–water partition coefficient (Wildman–Crippen LogP) is 3.13. The molecule has 0 bridgehead atoms. The number of aliphatic hydroxyl groups is 1. The lowest BCUT2D eigenvalue weighted by Gasteiger charge is -2.35. The van der Waals surface area contributed by atoms with Gasteiger partial charge in [-0.2, -0.15) is 8.42 Å². The van der Waals surface area contributed by atoms with Gasteiger partial charge in [-0.05, 0) is 61.1 Å². The number of nitrogens with zero attached hydrogens (tertiary/aromatic N) is 3. The number of ketones is 1. The van der Waals surface area contributed by atoms with Crippen LogP contribution >= 0.6 is 22.9 Å². The summed E-state index contributed by atoms with van der Waals surface area (Å²) in [7, 11) is -4.13. The summed E-state index contributed by atoms with van der Waals surface area (Å²) in [6.45, 7) is 1.90. The maximum Gasteiger partial charge on any atom is 0.408 e. The van der Waals surface area contributed by atoms with E-state index in [9.17, 15) is 28.2 Å². The van der Waals surface area contributed by atoms with Gasteiger partial charge in [0.2, 0.25) is 5.78 Å². The van der Waals surface area contributed by atoms with Crippen LogP contribution in [0.1, 0.15) is 55.7 Å². The van der Waals surface area contributed by atoms with Crippen molar-refractivity contribution in [3.63, 3.8) is 0 Å². The Morgan fingerprint density at radius 1 is 1.27 bits per heavy atom. The Labute approximate surface area is 245 Å². The van der Waals surface area contributed by atoms with Crippen molar-refractivity contribution >= 4 is 50.9 Å². The van der Waals surface area contributed by atoms with Crippen molar-refractivity contribution in [3.05, 3.63) is 73.8 Å². The van der Waals surface area contributed by atoms with Crippen molar-refractivity contribution in [2.75, 3.05) is 18.5 Å². The van der Waals surface area contributed by atoms with Crippen LogP contribution in [0.4, 0.5) is 10.6 Å². The van der Waals surface area contributed by atoms with Crippen molar-refractivity contribution in [1.29, 1.82) is 0 Å². The number of carbonyl (C=O) groups is 2. The molecule has 1 aromatic carbocycles. The van der Waals surface area contributed by atoms with Crippen molar-refractivity contribution in [2.24, 2.45) is 11.1 Å². The van der Waals surface area contributed by atoms with Gasteiger partial charge in [-0.15, -0.1) is 11.3 Å². The monoisotopic (exact) mass is 621 g/mol. The molecule has 0 radical (unpaired) electrons. The number of anilines is 1. The van der Waals surface area contributed by atoms with Crippen molar-refractivity contribution in [3.8, 4) is 0 Å². The van der Waals surface area contributed by atoms with E-state index >= 15 is 0 Å². The average molecular weight is 622 g/mol. The number of aromatic nitrogens is 2. The fraction of sp³-hybridized carbons (Fsp3) is 0.385. The molecule has 1 fully saturated rings. The molecule has 2 aromatic heterocycles. The second kappa shape index (κ2) is 11.6. The third-order valence-electron chi connectivity index (χ3n) is 7.46. The van der Waals surface area contributed by atoms with Gasteiger partial charge in [0.25, 0.3) is 0 Å². The summed E-state index contributed by atoms with van der Waals surface area (Å²) in [5.74, 6) is -0.549. The highest BCUT2D eigenvalue weighted by Gasteiger charge is 2.36. The van der Waals surface area contributed by atoms with Gasteiger partial charge in [0.15, 0.2) is 0 Å². The number of amides is 1. The largest absolute Gasteiger partial charge is 0.465 e. The maximum absolute atomic E-state index is 13.7. The number of fused-ring (bicyclic) bond motifs is 1. The van der Waals surface area contributed by atoms with Gasteiger partial charge in [0.1, 0.15) is 12.1 Å². The van der Waals surface area contributed by atoms with E-state index in [-0.39, 0.29) is 36.2 Å². The lowest BCUT2D eigenvalue weighted by Crippen LogP contribution is -2.39. The summed E-state index contributed by atoms with van der Waals surface area (Å²) in [6, 6.07) is 6.26. The molecule has 12 nitrogen and oxygen atoms in total. The minimum Gasteiger partial charge on any atom is -0.465 e. The summed E-state index contributed by atoms with van der Waals surface area (Å²) in [6.07, 6.45) is 2.02. The smallest absolute Gasteiger partial charge is 0.408 e. The Bertz CT molecular complexity index is 1600. The van der Waals surface area contributed by atoms with Gasteiger partial charge in [0.05, 0.1) is 29.2 Å². The molecule has 0 unspecified atom stereocenters. The molecule has 3 heterocycles. The zero-order chi connectivity index (χ0) is 29.5. The highest BCUT2D eigenvalue weighted by Crippen LogP contribution is 2.41. The van der Waals surface area contributed by atoms with Crippen molar-refractivity contribution < 1.29 is 32.4 Å². The summed E-state index contributed by atoms with van der Waals surface area (Å²) in [5.41, 5.74) is 2.70. The van der Waals surface area contributed by atoms with E-state index in [1.807, 2.05) is 13.0 Å². The van der Waals surface area contributed by atoms with Gasteiger partial charge in [-0.3, -0.25) is 13.9 Å². The number of benzene rings is 1. The van der Waals surface area contributed by atoms with Crippen molar-refractivity contribution in [1.82, 2.24) is 14.9 Å². The first kappa shape index (κ1) is 29.4. The minimum absolute atomic E-state index is 0.209. The van der Waals surface area contributed by atoms with E-state index in [0.717, 1.165) is 16.0 Å². The van der Waals surface area contributed by atoms with Crippen LogP contribution in [0.2, 0.25) is 5.02 Å². The number of carbonyl (C=O) groups excluding carboxylic acids is 1. The number of nitrogens with two attached hydrogens (primary N) is 1. The van der Waals surface area contributed by atoms with Crippen LogP contribution in [0.3, 0.4) is 0 Å². The molecule has 1 saturated carbocycles. The maximum atomic E-state index is 13.7. The van der Waals surface area contributed by atoms with E-state index in [0.29, 0.717) is 34.8 Å². The molecule has 0 spiro atoms. The summed E-state index contributed by atoms with van der Waals surface area (Å²) < 4.78 is 26.9. The van der Waals surface area contributed by atoms with E-state index in [1.165, 1.54) is 28.8 Å². The van der Waals surface area contributed by atoms with Gasteiger partial charge in [-0.25, -0.2) is 19.9 Å². The zero-order valence-corrected chi connectivity index (χ0v) is 24.2. The van der Waals surface area contributed by atoms with E-state index in [4.69, 9.17) is 16.7 Å². The Kier molecular flexibility index (Phi) is 8.32. The Morgan fingerprint density at radius 2 is 2.05 bits per heavy atom. The zero-order valence-electron chi connectivity index (χ0n) is 21.9. The summed E-state index contributed by atoms with van der Waals surface area (Å²) in [4.78, 5) is 36.8. The van der Waals surface area contributed by atoms with E-state index in [1.54, 1.807) is 18.2 Å². The van der Waals surface area contributed by atoms with E-state index < -0.39 is 34.5 Å². The topological polar surface area (TPSA) is 185 Å². The molecule has 41 heavy (non-hydrogen) atoms. The number of hydrogen-bond donors (Lipinski definition) is 4. The highest BCUT2D eigenvalue weighted by molar-refractivity contribution is 7.84. The number of carboxylic acid groups (broad SMARTS) is 1. The minimum atomic E-state index is -4.13. The van der Waals surface area contributed by atoms with Crippen LogP contribution in [-0.2, 0) is 20.9 Å². The van der Waals surface area contributed by atoms with Crippen LogP contribution in [0, 0.1) is 12.8 Å². The van der Waals surface area contributed by atoms with Crippen LogP contribution in [0.25, 0.3) is 0 Å². The first-order chi connectivity index (χ1) is 19.4. The first-order valence-electron chi connectivity index (χ1n) is 12.8. The standard InChI is InChI=1S/C26H28ClN5O7S2/c1-13-18(23-19-7-16(27)3-2-14(19)4-5-32(23)26(35)36)9-22(40-13)24(34)20-10-29-12-30-25(20)31-17-6-15(21(33)8-17)11-39-41(28,37)38/h2-3,7,9-10,12,15,17,21,23,33H,4-6,8,11H2,1H3,(H,35,36)(H2,28,37,38)(H,29,30,31)/t15-,17-,21+,23+/m1/s1. The Balaban J connectivity index is 1.40. The molecule has 4 atom stereocenters. The molecular weight excluding hydrogens is 594 g/mol. The second-order valence-electron chi connectivity index (χ2n) is 10.1. The third-order valence-corrected chi connectivity index (χ3v) is 9.22. The number of aliphatic hydroxyl groups excluding tert-OH is 1. The molecule has 5 N–H and O–H groups in total. The molecule has 1 aliphatic heterocycles. The number of hydrogen-bond acceptors (Lipinski definition) is 10. The first-order valence-corrected chi connectivity index (χ1v) is 15.4. The molecule has 1 amide bonds. The average Bonchev–Trinajstić information content (AvgIpc) is 3.47. The number of halogens is 1.